The first-order valence-electron chi connectivity index (χ1n) is 7.05. The SMILES string of the molecule is C=CCCCC1CCCC1CNCC(C)C. The van der Waals surface area contributed by atoms with Crippen molar-refractivity contribution in [3.8, 4) is 0 Å². The highest BCUT2D eigenvalue weighted by Gasteiger charge is 2.25. The van der Waals surface area contributed by atoms with Gasteiger partial charge in [0.05, 0.1) is 0 Å². The lowest BCUT2D eigenvalue weighted by Crippen LogP contribution is -2.28. The van der Waals surface area contributed by atoms with Crippen molar-refractivity contribution in [1.82, 2.24) is 5.32 Å². The molecule has 2 atom stereocenters. The maximum Gasteiger partial charge on any atom is -0.00178 e. The minimum absolute atomic E-state index is 0.778. The molecule has 0 heterocycles. The quantitative estimate of drug-likeness (QED) is 0.484. The summed E-state index contributed by atoms with van der Waals surface area (Å²) in [5, 5.41) is 3.63. The van der Waals surface area contributed by atoms with Gasteiger partial charge in [0.25, 0.3) is 0 Å². The van der Waals surface area contributed by atoms with Crippen molar-refractivity contribution in [3.05, 3.63) is 12.7 Å². The first-order chi connectivity index (χ1) is 7.74. The van der Waals surface area contributed by atoms with Crippen molar-refractivity contribution in [2.45, 2.75) is 52.4 Å². The molecule has 0 bridgehead atoms. The van der Waals surface area contributed by atoms with Crippen LogP contribution in [0.4, 0.5) is 0 Å². The molecule has 0 saturated heterocycles. The maximum atomic E-state index is 3.80. The number of allylic oxidation sites excluding steroid dienone is 1. The number of hydrogen-bond acceptors (Lipinski definition) is 1. The van der Waals surface area contributed by atoms with Gasteiger partial charge in [0, 0.05) is 0 Å². The van der Waals surface area contributed by atoms with Crippen LogP contribution in [0.5, 0.6) is 0 Å². The third kappa shape index (κ3) is 5.16. The predicted molar refractivity (Wildman–Crippen MR) is 72.6 cm³/mol. The Morgan fingerprint density at radius 3 is 2.75 bits per heavy atom. The molecular weight excluding hydrogens is 194 g/mol. The average molecular weight is 223 g/mol. The van der Waals surface area contributed by atoms with E-state index >= 15 is 0 Å². The van der Waals surface area contributed by atoms with E-state index in [0.29, 0.717) is 0 Å². The number of nitrogens with one attached hydrogen (secondary N) is 1. The minimum Gasteiger partial charge on any atom is -0.316 e. The first-order valence-corrected chi connectivity index (χ1v) is 7.05. The fourth-order valence-electron chi connectivity index (χ4n) is 2.84. The fraction of sp³-hybridized carbons (Fsp3) is 0.867. The second-order valence-electron chi connectivity index (χ2n) is 5.72. The molecule has 94 valence electrons. The van der Waals surface area contributed by atoms with Gasteiger partial charge in [-0.15, -0.1) is 6.58 Å². The summed E-state index contributed by atoms with van der Waals surface area (Å²) >= 11 is 0. The van der Waals surface area contributed by atoms with Crippen LogP contribution < -0.4 is 5.32 Å². The molecule has 1 N–H and O–H groups in total. The second kappa shape index (κ2) is 7.89. The van der Waals surface area contributed by atoms with Gasteiger partial charge >= 0.3 is 0 Å². The van der Waals surface area contributed by atoms with Gasteiger partial charge in [-0.05, 0) is 56.5 Å². The van der Waals surface area contributed by atoms with Gasteiger partial charge in [-0.2, -0.15) is 0 Å². The monoisotopic (exact) mass is 223 g/mol. The molecule has 16 heavy (non-hydrogen) atoms. The highest BCUT2D eigenvalue weighted by atomic mass is 14.9. The Labute approximate surface area is 102 Å². The van der Waals surface area contributed by atoms with Crippen LogP contribution in [0.1, 0.15) is 52.4 Å². The Hall–Kier alpha value is -0.300. The van der Waals surface area contributed by atoms with Gasteiger partial charge in [0.15, 0.2) is 0 Å². The van der Waals surface area contributed by atoms with E-state index in [-0.39, 0.29) is 0 Å². The summed E-state index contributed by atoms with van der Waals surface area (Å²) < 4.78 is 0. The summed E-state index contributed by atoms with van der Waals surface area (Å²) in [6, 6.07) is 0. The third-order valence-corrected chi connectivity index (χ3v) is 3.76. The van der Waals surface area contributed by atoms with E-state index in [2.05, 4.69) is 31.8 Å². The summed E-state index contributed by atoms with van der Waals surface area (Å²) in [5.41, 5.74) is 0. The lowest BCUT2D eigenvalue weighted by atomic mass is 9.91. The lowest BCUT2D eigenvalue weighted by Gasteiger charge is -2.20. The van der Waals surface area contributed by atoms with E-state index in [0.717, 1.165) is 17.8 Å². The number of hydrogen-bond donors (Lipinski definition) is 1. The summed E-state index contributed by atoms with van der Waals surface area (Å²) in [6.45, 7) is 10.8. The lowest BCUT2D eigenvalue weighted by molar-refractivity contribution is 0.336. The molecule has 0 aromatic heterocycles. The van der Waals surface area contributed by atoms with Gasteiger partial charge in [-0.25, -0.2) is 0 Å². The molecule has 0 aromatic carbocycles. The number of rotatable bonds is 8. The molecule has 2 unspecified atom stereocenters. The van der Waals surface area contributed by atoms with Crippen LogP contribution in [-0.2, 0) is 0 Å². The Kier molecular flexibility index (Phi) is 6.79. The molecular formula is C15H29N. The molecule has 1 aliphatic carbocycles. The molecule has 0 spiro atoms. The summed E-state index contributed by atoms with van der Waals surface area (Å²) in [5.74, 6) is 2.71. The second-order valence-corrected chi connectivity index (χ2v) is 5.72. The summed E-state index contributed by atoms with van der Waals surface area (Å²) in [4.78, 5) is 0. The van der Waals surface area contributed by atoms with Gasteiger partial charge in [-0.3, -0.25) is 0 Å². The largest absolute Gasteiger partial charge is 0.316 e. The Balaban J connectivity index is 2.15. The highest BCUT2D eigenvalue weighted by molar-refractivity contribution is 4.80. The van der Waals surface area contributed by atoms with Crippen molar-refractivity contribution in [3.63, 3.8) is 0 Å². The molecule has 1 saturated carbocycles. The van der Waals surface area contributed by atoms with Crippen LogP contribution in [0.3, 0.4) is 0 Å². The predicted octanol–water partition coefficient (Wildman–Crippen LogP) is 4.00. The molecule has 1 nitrogen and oxygen atoms in total. The molecule has 0 amide bonds. The van der Waals surface area contributed by atoms with E-state index < -0.39 is 0 Å². The summed E-state index contributed by atoms with van der Waals surface area (Å²) in [7, 11) is 0. The van der Waals surface area contributed by atoms with Crippen LogP contribution >= 0.6 is 0 Å². The average Bonchev–Trinajstić information content (AvgIpc) is 2.66. The third-order valence-electron chi connectivity index (χ3n) is 3.76. The zero-order valence-corrected chi connectivity index (χ0v) is 11.2. The van der Waals surface area contributed by atoms with E-state index in [4.69, 9.17) is 0 Å². The van der Waals surface area contributed by atoms with Gasteiger partial charge in [-0.1, -0.05) is 32.8 Å². The molecule has 1 rings (SSSR count). The van der Waals surface area contributed by atoms with E-state index in [1.54, 1.807) is 0 Å². The molecule has 0 aromatic rings. The molecule has 1 aliphatic rings. The smallest absolute Gasteiger partial charge is 0.00178 e. The molecule has 0 radical (unpaired) electrons. The Morgan fingerprint density at radius 2 is 2.06 bits per heavy atom. The van der Waals surface area contributed by atoms with Crippen molar-refractivity contribution < 1.29 is 0 Å². The van der Waals surface area contributed by atoms with Crippen molar-refractivity contribution in [2.75, 3.05) is 13.1 Å². The van der Waals surface area contributed by atoms with Crippen molar-refractivity contribution in [2.24, 2.45) is 17.8 Å². The highest BCUT2D eigenvalue weighted by Crippen LogP contribution is 2.34. The van der Waals surface area contributed by atoms with Gasteiger partial charge in [0.1, 0.15) is 0 Å². The van der Waals surface area contributed by atoms with Crippen LogP contribution in [0, 0.1) is 17.8 Å². The Morgan fingerprint density at radius 1 is 1.31 bits per heavy atom. The topological polar surface area (TPSA) is 12.0 Å². The van der Waals surface area contributed by atoms with E-state index in [1.807, 2.05) is 0 Å². The molecule has 0 aliphatic heterocycles. The molecule has 1 fully saturated rings. The summed E-state index contributed by atoms with van der Waals surface area (Å²) in [6.07, 6.45) is 10.4. The van der Waals surface area contributed by atoms with E-state index in [1.165, 1.54) is 51.6 Å². The van der Waals surface area contributed by atoms with Crippen LogP contribution in [0.2, 0.25) is 0 Å². The minimum atomic E-state index is 0.778. The first kappa shape index (κ1) is 13.8. The zero-order valence-electron chi connectivity index (χ0n) is 11.2. The van der Waals surface area contributed by atoms with Crippen LogP contribution in [0.15, 0.2) is 12.7 Å². The van der Waals surface area contributed by atoms with Gasteiger partial charge < -0.3 is 5.32 Å². The van der Waals surface area contributed by atoms with Crippen LogP contribution in [-0.4, -0.2) is 13.1 Å². The normalized spacial score (nSPS) is 25.2. The van der Waals surface area contributed by atoms with Crippen molar-refractivity contribution in [1.29, 1.82) is 0 Å². The van der Waals surface area contributed by atoms with Crippen molar-refractivity contribution >= 4 is 0 Å². The van der Waals surface area contributed by atoms with E-state index in [9.17, 15) is 0 Å². The van der Waals surface area contributed by atoms with Crippen LogP contribution in [0.25, 0.3) is 0 Å². The zero-order chi connectivity index (χ0) is 11.8. The fourth-order valence-corrected chi connectivity index (χ4v) is 2.84. The number of unbranched alkanes of at least 4 members (excludes halogenated alkanes) is 1. The maximum absolute atomic E-state index is 3.80. The molecule has 1 heteroatoms. The Bertz CT molecular complexity index is 186. The van der Waals surface area contributed by atoms with Gasteiger partial charge in [0.2, 0.25) is 0 Å². The standard InChI is InChI=1S/C15H29N/c1-4-5-6-8-14-9-7-10-15(14)12-16-11-13(2)3/h4,13-16H,1,5-12H2,2-3H3.